The quantitative estimate of drug-likeness (QED) is 0.826. The molecule has 0 aromatic rings. The van der Waals surface area contributed by atoms with Crippen LogP contribution in [0.1, 0.15) is 25.7 Å². The van der Waals surface area contributed by atoms with Crippen molar-refractivity contribution in [1.82, 2.24) is 10.2 Å². The van der Waals surface area contributed by atoms with Gasteiger partial charge in [0, 0.05) is 20.2 Å². The zero-order valence-corrected chi connectivity index (χ0v) is 14.4. The van der Waals surface area contributed by atoms with Crippen molar-refractivity contribution in [3.63, 3.8) is 0 Å². The van der Waals surface area contributed by atoms with Gasteiger partial charge in [-0.3, -0.25) is 0 Å². The van der Waals surface area contributed by atoms with E-state index in [-0.39, 0.29) is 29.8 Å². The summed E-state index contributed by atoms with van der Waals surface area (Å²) in [6.45, 7) is 1.30. The van der Waals surface area contributed by atoms with Crippen LogP contribution < -0.4 is 5.32 Å². The van der Waals surface area contributed by atoms with Crippen molar-refractivity contribution in [2.75, 3.05) is 31.7 Å². The second-order valence-electron chi connectivity index (χ2n) is 7.81. The molecule has 2 saturated carbocycles. The summed E-state index contributed by atoms with van der Waals surface area (Å²) in [4.78, 5) is 14.6. The Bertz CT molecular complexity index is 591. The second kappa shape index (κ2) is 5.62. The van der Waals surface area contributed by atoms with Gasteiger partial charge in [0.05, 0.1) is 23.7 Å². The number of rotatable bonds is 3. The summed E-state index contributed by atoms with van der Waals surface area (Å²) in [6.07, 6.45) is 4.16. The average Bonchev–Trinajstić information content (AvgIpc) is 3.11. The first-order valence-corrected chi connectivity index (χ1v) is 10.6. The highest BCUT2D eigenvalue weighted by Crippen LogP contribution is 2.55. The van der Waals surface area contributed by atoms with E-state index in [1.165, 1.54) is 12.8 Å². The van der Waals surface area contributed by atoms with Gasteiger partial charge in [0.25, 0.3) is 0 Å². The smallest absolute Gasteiger partial charge is 0.317 e. The van der Waals surface area contributed by atoms with Gasteiger partial charge in [0.1, 0.15) is 0 Å². The van der Waals surface area contributed by atoms with Gasteiger partial charge in [-0.2, -0.15) is 0 Å². The number of amides is 2. The van der Waals surface area contributed by atoms with Gasteiger partial charge in [-0.25, -0.2) is 13.2 Å². The van der Waals surface area contributed by atoms with E-state index in [4.69, 9.17) is 4.74 Å². The van der Waals surface area contributed by atoms with E-state index in [0.717, 1.165) is 13.0 Å². The number of hydrogen-bond donors (Lipinski definition) is 1. The minimum atomic E-state index is -2.91. The number of fused-ring (bicyclic) bond motifs is 1. The van der Waals surface area contributed by atoms with Crippen LogP contribution in [0.3, 0.4) is 0 Å². The lowest BCUT2D eigenvalue weighted by atomic mass is 9.88. The molecule has 2 amide bonds. The van der Waals surface area contributed by atoms with Gasteiger partial charge >= 0.3 is 6.03 Å². The highest BCUT2D eigenvalue weighted by molar-refractivity contribution is 7.91. The maximum Gasteiger partial charge on any atom is 0.317 e. The molecule has 4 fully saturated rings. The molecule has 0 spiro atoms. The van der Waals surface area contributed by atoms with E-state index in [0.29, 0.717) is 36.5 Å². The number of sulfone groups is 1. The summed E-state index contributed by atoms with van der Waals surface area (Å²) in [7, 11) is -1.16. The number of carbonyl (C=O) groups is 1. The summed E-state index contributed by atoms with van der Waals surface area (Å²) < 4.78 is 29.1. The third kappa shape index (κ3) is 2.65. The maximum atomic E-state index is 12.6. The van der Waals surface area contributed by atoms with Crippen LogP contribution in [0, 0.1) is 23.7 Å². The van der Waals surface area contributed by atoms with Gasteiger partial charge < -0.3 is 15.0 Å². The van der Waals surface area contributed by atoms with Gasteiger partial charge in [-0.1, -0.05) is 0 Å². The van der Waals surface area contributed by atoms with Crippen molar-refractivity contribution in [2.45, 2.75) is 37.8 Å². The Labute approximate surface area is 137 Å². The van der Waals surface area contributed by atoms with E-state index in [9.17, 15) is 13.2 Å². The van der Waals surface area contributed by atoms with Crippen molar-refractivity contribution in [1.29, 1.82) is 0 Å². The second-order valence-corrected chi connectivity index (χ2v) is 10.0. The highest BCUT2D eigenvalue weighted by atomic mass is 32.2. The summed E-state index contributed by atoms with van der Waals surface area (Å²) in [6, 6.07) is 0.189. The van der Waals surface area contributed by atoms with E-state index in [1.807, 2.05) is 4.90 Å². The van der Waals surface area contributed by atoms with E-state index >= 15 is 0 Å². The fourth-order valence-corrected chi connectivity index (χ4v) is 7.34. The van der Waals surface area contributed by atoms with E-state index < -0.39 is 9.84 Å². The number of carbonyl (C=O) groups excluding carboxylic acids is 1. The number of likely N-dealkylation sites (tertiary alicyclic amines) is 1. The molecule has 130 valence electrons. The Morgan fingerprint density at radius 3 is 2.87 bits per heavy atom. The van der Waals surface area contributed by atoms with Crippen molar-refractivity contribution in [3.8, 4) is 0 Å². The number of nitrogens with one attached hydrogen (secondary N) is 1. The summed E-state index contributed by atoms with van der Waals surface area (Å²) in [5, 5.41) is 3.00. The molecule has 2 saturated heterocycles. The molecule has 2 bridgehead atoms. The lowest BCUT2D eigenvalue weighted by Gasteiger charge is -2.32. The van der Waals surface area contributed by atoms with Crippen molar-refractivity contribution < 1.29 is 17.9 Å². The predicted molar refractivity (Wildman–Crippen MR) is 85.8 cm³/mol. The fourth-order valence-electron chi connectivity index (χ4n) is 5.57. The first-order valence-electron chi connectivity index (χ1n) is 8.76. The van der Waals surface area contributed by atoms with Crippen molar-refractivity contribution in [3.05, 3.63) is 0 Å². The van der Waals surface area contributed by atoms with Crippen molar-refractivity contribution >= 4 is 15.9 Å². The first kappa shape index (κ1) is 15.7. The van der Waals surface area contributed by atoms with Gasteiger partial charge in [-0.15, -0.1) is 0 Å². The minimum absolute atomic E-state index is 0.0323. The summed E-state index contributed by atoms with van der Waals surface area (Å²) >= 11 is 0. The molecule has 2 heterocycles. The van der Waals surface area contributed by atoms with Crippen LogP contribution in [-0.2, 0) is 14.6 Å². The zero-order chi connectivity index (χ0) is 16.2. The number of hydrogen-bond acceptors (Lipinski definition) is 4. The number of ether oxygens (including phenoxy) is 1. The summed E-state index contributed by atoms with van der Waals surface area (Å²) in [5.74, 6) is 2.42. The number of methoxy groups -OCH3 is 1. The SMILES string of the molecule is COC1C2CC3CN(C(=O)NCC4CCCS(=O)(=O)C4)C1C3C2. The molecule has 0 aromatic heterocycles. The highest BCUT2D eigenvalue weighted by Gasteiger charge is 2.60. The third-order valence-electron chi connectivity index (χ3n) is 6.45. The van der Waals surface area contributed by atoms with Crippen molar-refractivity contribution in [2.24, 2.45) is 23.7 Å². The third-order valence-corrected chi connectivity index (χ3v) is 8.34. The molecule has 23 heavy (non-hydrogen) atoms. The number of urea groups is 1. The Morgan fingerprint density at radius 2 is 2.13 bits per heavy atom. The van der Waals surface area contributed by atoms with Crippen LogP contribution >= 0.6 is 0 Å². The summed E-state index contributed by atoms with van der Waals surface area (Å²) in [5.41, 5.74) is 0. The van der Waals surface area contributed by atoms with E-state index in [2.05, 4.69) is 5.32 Å². The van der Waals surface area contributed by atoms with Crippen LogP contribution in [0.15, 0.2) is 0 Å². The van der Waals surface area contributed by atoms with Crippen LogP contribution in [0.5, 0.6) is 0 Å². The molecule has 6 nitrogen and oxygen atoms in total. The molecular formula is C16H26N2O4S. The predicted octanol–water partition coefficient (Wildman–Crippen LogP) is 0.876. The standard InChI is InChI=1S/C16H26N2O4S/c1-22-15-11-5-12-8-18(14(15)13(12)6-11)16(19)17-7-10-3-2-4-23(20,21)9-10/h10-15H,2-9H2,1H3,(H,17,19). The van der Waals surface area contributed by atoms with E-state index in [1.54, 1.807) is 7.11 Å². The average molecular weight is 342 g/mol. The zero-order valence-electron chi connectivity index (χ0n) is 13.6. The largest absolute Gasteiger partial charge is 0.379 e. The fraction of sp³-hybridized carbons (Fsp3) is 0.938. The number of nitrogens with zero attached hydrogens (tertiary/aromatic N) is 1. The molecular weight excluding hydrogens is 316 g/mol. The molecule has 6 atom stereocenters. The Balaban J connectivity index is 1.37. The van der Waals surface area contributed by atoms with Gasteiger partial charge in [0.15, 0.2) is 9.84 Å². The Kier molecular flexibility index (Phi) is 3.83. The molecule has 2 aliphatic carbocycles. The molecule has 0 radical (unpaired) electrons. The molecule has 7 heteroatoms. The normalized spacial score (nSPS) is 43.8. The molecule has 4 aliphatic rings. The first-order chi connectivity index (χ1) is 11.0. The van der Waals surface area contributed by atoms with Crippen LogP contribution in [0.4, 0.5) is 4.79 Å². The monoisotopic (exact) mass is 342 g/mol. The van der Waals surface area contributed by atoms with Gasteiger partial charge in [-0.05, 0) is 49.4 Å². The molecule has 2 aliphatic heterocycles. The Hall–Kier alpha value is -0.820. The topological polar surface area (TPSA) is 75.7 Å². The van der Waals surface area contributed by atoms with Gasteiger partial charge in [0.2, 0.25) is 0 Å². The van der Waals surface area contributed by atoms with Crippen LogP contribution in [0.25, 0.3) is 0 Å². The van der Waals surface area contributed by atoms with Crippen LogP contribution in [0.2, 0.25) is 0 Å². The lowest BCUT2D eigenvalue weighted by Crippen LogP contribution is -2.49. The Morgan fingerprint density at radius 1 is 1.30 bits per heavy atom. The lowest BCUT2D eigenvalue weighted by molar-refractivity contribution is 0.0189. The molecule has 6 unspecified atom stereocenters. The van der Waals surface area contributed by atoms with Crippen LogP contribution in [-0.4, -0.2) is 63.2 Å². The molecule has 0 aromatic carbocycles. The molecule has 1 N–H and O–H groups in total. The minimum Gasteiger partial charge on any atom is -0.379 e. The maximum absolute atomic E-state index is 12.6. The molecule has 4 rings (SSSR count).